The molecule has 0 N–H and O–H groups in total. The highest BCUT2D eigenvalue weighted by molar-refractivity contribution is 6.58. The van der Waals surface area contributed by atoms with E-state index >= 15 is 0 Å². The van der Waals surface area contributed by atoms with E-state index in [0.717, 1.165) is 13.1 Å². The van der Waals surface area contributed by atoms with Crippen LogP contribution in [0.5, 0.6) is 0 Å². The summed E-state index contributed by atoms with van der Waals surface area (Å²) >= 11 is 0. The van der Waals surface area contributed by atoms with Crippen molar-refractivity contribution in [2.24, 2.45) is 5.92 Å². The first-order chi connectivity index (χ1) is 6.38. The smallest absolute Gasteiger partial charge is 0.449 e. The molecule has 0 radical (unpaired) electrons. The van der Waals surface area contributed by atoms with Gasteiger partial charge in [-0.05, 0) is 39.8 Å². The summed E-state index contributed by atoms with van der Waals surface area (Å²) in [5.41, 5.74) is 0. The summed E-state index contributed by atoms with van der Waals surface area (Å²) in [7, 11) is 0. The summed E-state index contributed by atoms with van der Waals surface area (Å²) < 4.78 is 36.4. The second-order valence-corrected chi connectivity index (χ2v) is 4.52. The second-order valence-electron chi connectivity index (χ2n) is 4.52. The van der Waals surface area contributed by atoms with E-state index < -0.39 is 13.3 Å². The predicted molar refractivity (Wildman–Crippen MR) is 53.3 cm³/mol. The summed E-state index contributed by atoms with van der Waals surface area (Å²) in [6.07, 6.45) is 0.880. The molecule has 1 aliphatic rings. The van der Waals surface area contributed by atoms with E-state index in [4.69, 9.17) is 0 Å². The second kappa shape index (κ2) is 4.56. The largest absolute Gasteiger partial charge is 0.478 e. The highest BCUT2D eigenvalue weighted by atomic mass is 19.4. The van der Waals surface area contributed by atoms with Crippen LogP contribution in [0, 0.1) is 5.92 Å². The van der Waals surface area contributed by atoms with E-state index in [-0.39, 0.29) is 5.92 Å². The van der Waals surface area contributed by atoms with Crippen LogP contribution in [0.4, 0.5) is 12.9 Å². The summed E-state index contributed by atoms with van der Waals surface area (Å²) in [6.45, 7) is 1.26. The summed E-state index contributed by atoms with van der Waals surface area (Å²) in [5.74, 6) is -0.120. The third-order valence-corrected chi connectivity index (χ3v) is 2.98. The van der Waals surface area contributed by atoms with Gasteiger partial charge in [0.2, 0.25) is 0 Å². The fraction of sp³-hybridized carbons (Fsp3) is 1.00. The Balaban J connectivity index is 2.29. The fourth-order valence-electron chi connectivity index (χ4n) is 2.08. The van der Waals surface area contributed by atoms with Crippen LogP contribution in [0.2, 0.25) is 6.32 Å². The van der Waals surface area contributed by atoms with Gasteiger partial charge in [0.25, 0.3) is 0 Å². The van der Waals surface area contributed by atoms with Gasteiger partial charge in [-0.15, -0.1) is 0 Å². The van der Waals surface area contributed by atoms with Crippen LogP contribution < -0.4 is 0 Å². The van der Waals surface area contributed by atoms with Crippen LogP contribution in [0.3, 0.4) is 0 Å². The third-order valence-electron chi connectivity index (χ3n) is 2.98. The highest BCUT2D eigenvalue weighted by Crippen LogP contribution is 2.29. The molecular weight excluding hydrogens is 190 g/mol. The molecule has 0 aliphatic carbocycles. The van der Waals surface area contributed by atoms with E-state index in [1.165, 1.54) is 0 Å². The van der Waals surface area contributed by atoms with Crippen molar-refractivity contribution in [3.63, 3.8) is 0 Å². The van der Waals surface area contributed by atoms with Crippen LogP contribution in [0.25, 0.3) is 0 Å². The van der Waals surface area contributed by atoms with Crippen LogP contribution in [0.15, 0.2) is 0 Å². The third kappa shape index (κ3) is 3.90. The first kappa shape index (κ1) is 11.9. The molecule has 1 saturated heterocycles. The molecule has 1 heterocycles. The Kier molecular flexibility index (Phi) is 3.87. The molecule has 1 rings (SSSR count). The minimum absolute atomic E-state index is 0.120. The molecule has 0 atom stereocenters. The lowest BCUT2D eigenvalue weighted by Gasteiger charge is -2.36. The number of hydrogen-bond acceptors (Lipinski definition) is 1. The maximum absolute atomic E-state index is 12.1. The Labute approximate surface area is 83.7 Å². The van der Waals surface area contributed by atoms with Crippen molar-refractivity contribution in [1.82, 2.24) is 4.90 Å². The summed E-state index contributed by atoms with van der Waals surface area (Å²) in [5, 5.41) is 0. The average Bonchev–Trinajstić information content (AvgIpc) is 2.02. The van der Waals surface area contributed by atoms with Crippen molar-refractivity contribution in [2.45, 2.75) is 39.1 Å². The first-order valence-electron chi connectivity index (χ1n) is 5.33. The fourth-order valence-corrected chi connectivity index (χ4v) is 2.08. The lowest BCUT2D eigenvalue weighted by molar-refractivity contribution is 0.152. The van der Waals surface area contributed by atoms with Gasteiger partial charge < -0.3 is 17.8 Å². The lowest BCUT2D eigenvalue weighted by atomic mass is 9.74. The van der Waals surface area contributed by atoms with E-state index in [9.17, 15) is 12.9 Å². The Hall–Kier alpha value is -0.185. The Morgan fingerprint density at radius 3 is 2.07 bits per heavy atom. The van der Waals surface area contributed by atoms with Gasteiger partial charge in [0.1, 0.15) is 0 Å². The Morgan fingerprint density at radius 1 is 1.21 bits per heavy atom. The quantitative estimate of drug-likeness (QED) is 0.644. The number of rotatable bonds is 3. The lowest BCUT2D eigenvalue weighted by Crippen LogP contribution is -2.39. The molecule has 0 amide bonds. The van der Waals surface area contributed by atoms with Gasteiger partial charge >= 0.3 is 6.98 Å². The monoisotopic (exact) mass is 208 g/mol. The van der Waals surface area contributed by atoms with E-state index in [1.54, 1.807) is 0 Å². The van der Waals surface area contributed by atoms with Crippen molar-refractivity contribution >= 4 is 6.98 Å². The molecule has 0 aromatic heterocycles. The summed E-state index contributed by atoms with van der Waals surface area (Å²) in [4.78, 5) is 2.25. The molecule has 5 heteroatoms. The number of nitrogens with zero attached hydrogens (tertiary/aromatic N) is 1. The number of likely N-dealkylation sites (tertiary alicyclic amines) is 1. The van der Waals surface area contributed by atoms with E-state index in [1.807, 2.05) is 0 Å². The minimum Gasteiger partial charge on any atom is -0.449 e. The zero-order valence-electron chi connectivity index (χ0n) is 8.85. The molecule has 84 valence electrons. The maximum Gasteiger partial charge on any atom is 0.478 e. The van der Waals surface area contributed by atoms with Crippen LogP contribution in [-0.4, -0.2) is 31.0 Å². The van der Waals surface area contributed by atoms with Gasteiger partial charge in [-0.1, -0.05) is 12.2 Å². The normalized spacial score (nSPS) is 21.9. The number of halogens is 3. The minimum atomic E-state index is -4.58. The summed E-state index contributed by atoms with van der Waals surface area (Å²) in [6, 6.07) is 0.465. The van der Waals surface area contributed by atoms with Crippen LogP contribution in [0.1, 0.15) is 26.7 Å². The highest BCUT2D eigenvalue weighted by Gasteiger charge is 2.30. The van der Waals surface area contributed by atoms with Gasteiger partial charge in [-0.2, -0.15) is 0 Å². The SMILES string of the molecule is CC(C)N1CCC(C[B-](F)(F)F)CC1. The van der Waals surface area contributed by atoms with Gasteiger partial charge in [-0.25, -0.2) is 0 Å². The Morgan fingerprint density at radius 2 is 1.71 bits per heavy atom. The van der Waals surface area contributed by atoms with Gasteiger partial charge in [0.15, 0.2) is 0 Å². The molecule has 1 aliphatic heterocycles. The molecular formula is C9H18BF3N-. The first-order valence-corrected chi connectivity index (χ1v) is 5.33. The molecule has 1 nitrogen and oxygen atoms in total. The van der Waals surface area contributed by atoms with Crippen molar-refractivity contribution in [3.8, 4) is 0 Å². The molecule has 0 unspecified atom stereocenters. The molecule has 0 saturated carbocycles. The van der Waals surface area contributed by atoms with E-state index in [2.05, 4.69) is 18.7 Å². The number of piperidine rings is 1. The maximum atomic E-state index is 12.1. The van der Waals surface area contributed by atoms with Crippen molar-refractivity contribution in [3.05, 3.63) is 0 Å². The van der Waals surface area contributed by atoms with Gasteiger partial charge in [0.05, 0.1) is 0 Å². The van der Waals surface area contributed by atoms with Gasteiger partial charge in [0, 0.05) is 6.04 Å². The molecule has 0 aromatic rings. The molecule has 14 heavy (non-hydrogen) atoms. The average molecular weight is 208 g/mol. The standard InChI is InChI=1S/C9H18BF3N/c1-8(2)14-5-3-9(4-6-14)7-10(11,12)13/h8-9H,3-7H2,1-2H3/q-1. The predicted octanol–water partition coefficient (Wildman–Crippen LogP) is 2.95. The van der Waals surface area contributed by atoms with Crippen molar-refractivity contribution in [1.29, 1.82) is 0 Å². The van der Waals surface area contributed by atoms with E-state index in [0.29, 0.717) is 18.9 Å². The molecule has 0 bridgehead atoms. The van der Waals surface area contributed by atoms with Crippen LogP contribution >= 0.6 is 0 Å². The van der Waals surface area contributed by atoms with Crippen molar-refractivity contribution < 1.29 is 12.9 Å². The van der Waals surface area contributed by atoms with Crippen LogP contribution in [-0.2, 0) is 0 Å². The molecule has 0 aromatic carbocycles. The van der Waals surface area contributed by atoms with Gasteiger partial charge in [-0.3, -0.25) is 0 Å². The topological polar surface area (TPSA) is 3.24 Å². The number of hydrogen-bond donors (Lipinski definition) is 0. The van der Waals surface area contributed by atoms with Crippen molar-refractivity contribution in [2.75, 3.05) is 13.1 Å². The zero-order valence-corrected chi connectivity index (χ0v) is 8.85. The molecule has 1 fully saturated rings. The molecule has 0 spiro atoms. The Bertz CT molecular complexity index is 173. The zero-order chi connectivity index (χ0) is 10.8.